The second-order valence-electron chi connectivity index (χ2n) is 5.30. The van der Waals surface area contributed by atoms with E-state index in [9.17, 15) is 14.9 Å². The first-order chi connectivity index (χ1) is 9.95. The van der Waals surface area contributed by atoms with Gasteiger partial charge < -0.3 is 10.6 Å². The van der Waals surface area contributed by atoms with Gasteiger partial charge in [0.15, 0.2) is 0 Å². The number of hydrogen-bond donors (Lipinski definition) is 1. The third-order valence-corrected chi connectivity index (χ3v) is 4.16. The summed E-state index contributed by atoms with van der Waals surface area (Å²) in [4.78, 5) is 25.0. The molecule has 0 radical (unpaired) electrons. The Balaban J connectivity index is 2.40. The molecule has 1 aromatic carbocycles. The van der Waals surface area contributed by atoms with Crippen molar-refractivity contribution in [3.63, 3.8) is 0 Å². The minimum Gasteiger partial charge on any atom is -0.331 e. The summed E-state index contributed by atoms with van der Waals surface area (Å²) in [6.07, 6.45) is 2.72. The lowest BCUT2D eigenvalue weighted by atomic mass is 9.95. The van der Waals surface area contributed by atoms with Crippen LogP contribution >= 0.6 is 11.6 Å². The number of nitrogens with zero attached hydrogens (tertiary/aromatic N) is 2. The van der Waals surface area contributed by atoms with Gasteiger partial charge in [0.2, 0.25) is 0 Å². The molecule has 2 atom stereocenters. The Morgan fingerprint density at radius 3 is 2.86 bits per heavy atom. The topological polar surface area (TPSA) is 89.5 Å². The van der Waals surface area contributed by atoms with Crippen molar-refractivity contribution in [1.29, 1.82) is 0 Å². The van der Waals surface area contributed by atoms with Gasteiger partial charge in [0.1, 0.15) is 5.56 Å². The average molecular weight is 312 g/mol. The predicted molar refractivity (Wildman–Crippen MR) is 80.4 cm³/mol. The van der Waals surface area contributed by atoms with Crippen molar-refractivity contribution in [1.82, 2.24) is 4.90 Å². The third kappa shape index (κ3) is 3.16. The number of halogens is 1. The Hall–Kier alpha value is -1.66. The second kappa shape index (κ2) is 6.41. The molecule has 0 bridgehead atoms. The van der Waals surface area contributed by atoms with E-state index >= 15 is 0 Å². The SMILES string of the molecule is CC1CCCC(CN)N1C(=O)c1ccc(Cl)cc1[N+](=O)[O-]. The highest BCUT2D eigenvalue weighted by Gasteiger charge is 2.34. The van der Waals surface area contributed by atoms with E-state index in [0.717, 1.165) is 19.3 Å². The van der Waals surface area contributed by atoms with Crippen LogP contribution in [0.25, 0.3) is 0 Å². The van der Waals surface area contributed by atoms with E-state index in [2.05, 4.69) is 0 Å². The van der Waals surface area contributed by atoms with Crippen LogP contribution in [0.2, 0.25) is 5.02 Å². The Bertz CT molecular complexity index is 564. The van der Waals surface area contributed by atoms with E-state index in [1.165, 1.54) is 18.2 Å². The number of nitro groups is 1. The maximum absolute atomic E-state index is 12.7. The molecule has 1 fully saturated rings. The van der Waals surface area contributed by atoms with E-state index < -0.39 is 4.92 Å². The lowest BCUT2D eigenvalue weighted by Gasteiger charge is -2.40. The first-order valence-electron chi connectivity index (χ1n) is 6.92. The number of nitro benzene ring substituents is 1. The summed E-state index contributed by atoms with van der Waals surface area (Å²) >= 11 is 5.79. The maximum Gasteiger partial charge on any atom is 0.283 e. The molecule has 21 heavy (non-hydrogen) atoms. The summed E-state index contributed by atoms with van der Waals surface area (Å²) in [5.74, 6) is -0.346. The fraction of sp³-hybridized carbons (Fsp3) is 0.500. The highest BCUT2D eigenvalue weighted by Crippen LogP contribution is 2.29. The van der Waals surface area contributed by atoms with Crippen LogP contribution in [0.1, 0.15) is 36.5 Å². The highest BCUT2D eigenvalue weighted by atomic mass is 35.5. The highest BCUT2D eigenvalue weighted by molar-refractivity contribution is 6.31. The van der Waals surface area contributed by atoms with Crippen molar-refractivity contribution in [2.45, 2.75) is 38.3 Å². The summed E-state index contributed by atoms with van der Waals surface area (Å²) in [6, 6.07) is 4.07. The molecule has 2 unspecified atom stereocenters. The number of rotatable bonds is 3. The van der Waals surface area contributed by atoms with Crippen LogP contribution in [-0.4, -0.2) is 34.4 Å². The normalized spacial score (nSPS) is 22.1. The molecule has 114 valence electrons. The first kappa shape index (κ1) is 15.7. The van der Waals surface area contributed by atoms with Gasteiger partial charge in [-0.3, -0.25) is 14.9 Å². The number of likely N-dealkylation sites (tertiary alicyclic amines) is 1. The molecule has 2 rings (SSSR count). The van der Waals surface area contributed by atoms with E-state index in [0.29, 0.717) is 6.54 Å². The smallest absolute Gasteiger partial charge is 0.283 e. The van der Waals surface area contributed by atoms with Gasteiger partial charge in [-0.1, -0.05) is 11.6 Å². The minimum absolute atomic E-state index is 0.0232. The largest absolute Gasteiger partial charge is 0.331 e. The molecule has 1 aliphatic heterocycles. The Labute approximate surface area is 128 Å². The average Bonchev–Trinajstić information content (AvgIpc) is 2.46. The van der Waals surface area contributed by atoms with Crippen LogP contribution in [0.5, 0.6) is 0 Å². The summed E-state index contributed by atoms with van der Waals surface area (Å²) in [7, 11) is 0. The van der Waals surface area contributed by atoms with Crippen molar-refractivity contribution >= 4 is 23.2 Å². The van der Waals surface area contributed by atoms with Crippen LogP contribution in [0.4, 0.5) is 5.69 Å². The van der Waals surface area contributed by atoms with Crippen molar-refractivity contribution in [2.24, 2.45) is 5.73 Å². The van der Waals surface area contributed by atoms with Crippen LogP contribution in [-0.2, 0) is 0 Å². The zero-order chi connectivity index (χ0) is 15.6. The zero-order valence-electron chi connectivity index (χ0n) is 11.8. The van der Waals surface area contributed by atoms with E-state index in [1.54, 1.807) is 4.90 Å². The molecule has 1 aliphatic rings. The first-order valence-corrected chi connectivity index (χ1v) is 7.30. The Kier molecular flexibility index (Phi) is 4.80. The van der Waals surface area contributed by atoms with Crippen molar-refractivity contribution in [3.05, 3.63) is 38.9 Å². The zero-order valence-corrected chi connectivity index (χ0v) is 12.5. The molecule has 2 N–H and O–H groups in total. The molecule has 6 nitrogen and oxygen atoms in total. The van der Waals surface area contributed by atoms with E-state index in [1.807, 2.05) is 6.92 Å². The molecule has 7 heteroatoms. The van der Waals surface area contributed by atoms with Crippen molar-refractivity contribution in [2.75, 3.05) is 6.54 Å². The van der Waals surface area contributed by atoms with E-state index in [-0.39, 0.29) is 34.3 Å². The molecule has 0 saturated carbocycles. The summed E-state index contributed by atoms with van der Waals surface area (Å²) in [5.41, 5.74) is 5.55. The number of piperidine rings is 1. The predicted octanol–water partition coefficient (Wildman–Crippen LogP) is 2.59. The van der Waals surface area contributed by atoms with Gasteiger partial charge >= 0.3 is 0 Å². The molecular weight excluding hydrogens is 294 g/mol. The molecule has 0 aromatic heterocycles. The number of carbonyl (C=O) groups excluding carboxylic acids is 1. The van der Waals surface area contributed by atoms with Crippen LogP contribution in [0.3, 0.4) is 0 Å². The van der Waals surface area contributed by atoms with Gasteiger partial charge in [0.25, 0.3) is 11.6 Å². The number of amides is 1. The van der Waals surface area contributed by atoms with Gasteiger partial charge in [-0.2, -0.15) is 0 Å². The van der Waals surface area contributed by atoms with Gasteiger partial charge in [0, 0.05) is 29.7 Å². The quantitative estimate of drug-likeness (QED) is 0.686. The standard InChI is InChI=1S/C14H18ClN3O3/c1-9-3-2-4-11(8-16)17(9)14(19)12-6-5-10(15)7-13(12)18(20)21/h5-7,9,11H,2-4,8,16H2,1H3. The van der Waals surface area contributed by atoms with Crippen molar-refractivity contribution < 1.29 is 9.72 Å². The van der Waals surface area contributed by atoms with Crippen LogP contribution in [0, 0.1) is 10.1 Å². The molecule has 1 saturated heterocycles. The lowest BCUT2D eigenvalue weighted by molar-refractivity contribution is -0.385. The molecule has 0 aliphatic carbocycles. The molecular formula is C14H18ClN3O3. The van der Waals surface area contributed by atoms with E-state index in [4.69, 9.17) is 17.3 Å². The minimum atomic E-state index is -0.578. The molecule has 0 spiro atoms. The van der Waals surface area contributed by atoms with Gasteiger partial charge in [-0.25, -0.2) is 0 Å². The molecule has 1 heterocycles. The number of nitrogens with two attached hydrogens (primary N) is 1. The number of benzene rings is 1. The Morgan fingerprint density at radius 1 is 1.52 bits per heavy atom. The maximum atomic E-state index is 12.7. The summed E-state index contributed by atoms with van der Waals surface area (Å²) in [5, 5.41) is 11.4. The lowest BCUT2D eigenvalue weighted by Crippen LogP contribution is -2.51. The van der Waals surface area contributed by atoms with Gasteiger partial charge in [-0.05, 0) is 38.3 Å². The summed E-state index contributed by atoms with van der Waals surface area (Å²) in [6.45, 7) is 2.30. The monoisotopic (exact) mass is 311 g/mol. The van der Waals surface area contributed by atoms with Gasteiger partial charge in [-0.15, -0.1) is 0 Å². The summed E-state index contributed by atoms with van der Waals surface area (Å²) < 4.78 is 0. The van der Waals surface area contributed by atoms with Gasteiger partial charge in [0.05, 0.1) is 4.92 Å². The molecule has 1 aromatic rings. The fourth-order valence-electron chi connectivity index (χ4n) is 2.86. The second-order valence-corrected chi connectivity index (χ2v) is 5.74. The van der Waals surface area contributed by atoms with Crippen molar-refractivity contribution in [3.8, 4) is 0 Å². The third-order valence-electron chi connectivity index (χ3n) is 3.92. The fourth-order valence-corrected chi connectivity index (χ4v) is 3.03. The van der Waals surface area contributed by atoms with Crippen LogP contribution < -0.4 is 5.73 Å². The Morgan fingerprint density at radius 2 is 2.24 bits per heavy atom. The van der Waals surface area contributed by atoms with Crippen LogP contribution in [0.15, 0.2) is 18.2 Å². The molecule has 1 amide bonds. The number of carbonyl (C=O) groups is 1. The number of hydrogen-bond acceptors (Lipinski definition) is 4.